The number of ether oxygens (including phenoxy) is 1. The number of anilines is 1. The summed E-state index contributed by atoms with van der Waals surface area (Å²) < 4.78 is 31.7. The van der Waals surface area contributed by atoms with E-state index in [0.29, 0.717) is 5.56 Å². The van der Waals surface area contributed by atoms with Crippen LogP contribution in [-0.2, 0) is 29.8 Å². The van der Waals surface area contributed by atoms with Gasteiger partial charge in [-0.1, -0.05) is 44.2 Å². The number of sulfonamides is 1. The number of carbonyl (C=O) groups excluding carboxylic acids is 2. The van der Waals surface area contributed by atoms with Crippen molar-refractivity contribution in [1.82, 2.24) is 4.72 Å². The number of hydrogen-bond donors (Lipinski definition) is 1. The molecule has 0 fully saturated rings. The zero-order valence-electron chi connectivity index (χ0n) is 18.7. The molecule has 0 saturated heterocycles. The second-order valence-corrected chi connectivity index (χ2v) is 10.1. The molecule has 0 saturated carbocycles. The lowest BCUT2D eigenvalue weighted by Crippen LogP contribution is -2.25. The van der Waals surface area contributed by atoms with Gasteiger partial charge < -0.3 is 9.64 Å². The zero-order valence-corrected chi connectivity index (χ0v) is 19.5. The maximum absolute atomic E-state index is 12.5. The van der Waals surface area contributed by atoms with E-state index in [9.17, 15) is 18.0 Å². The minimum atomic E-state index is -3.62. The Kier molecular flexibility index (Phi) is 5.84. The van der Waals surface area contributed by atoms with E-state index < -0.39 is 16.0 Å². The molecule has 2 heterocycles. The SMILES string of the molecule is CN1C(=CC(=O)COC(=O)CCN=C2NS(=O)(=O)c3ccccc32)C(C)(C)c2ccccc21. The molecule has 0 amide bonds. The number of carbonyl (C=O) groups is 2. The minimum Gasteiger partial charge on any atom is -0.457 e. The van der Waals surface area contributed by atoms with Crippen LogP contribution in [0.3, 0.4) is 0 Å². The third-order valence-corrected chi connectivity index (χ3v) is 7.26. The molecule has 0 aliphatic carbocycles. The van der Waals surface area contributed by atoms with Crippen LogP contribution in [0.25, 0.3) is 0 Å². The molecule has 2 aromatic rings. The number of hydrogen-bond acceptors (Lipinski definition) is 7. The fraction of sp³-hybridized carbons (Fsp3) is 0.292. The summed E-state index contributed by atoms with van der Waals surface area (Å²) in [7, 11) is -1.71. The second kappa shape index (κ2) is 8.47. The Balaban J connectivity index is 1.33. The van der Waals surface area contributed by atoms with Gasteiger partial charge >= 0.3 is 5.97 Å². The Morgan fingerprint density at radius 1 is 1.12 bits per heavy atom. The number of likely N-dealkylation sites (N-methyl/N-ethyl adjacent to an activating group) is 1. The number of esters is 1. The van der Waals surface area contributed by atoms with Crippen molar-refractivity contribution in [2.45, 2.75) is 30.6 Å². The van der Waals surface area contributed by atoms with Crippen LogP contribution < -0.4 is 9.62 Å². The van der Waals surface area contributed by atoms with Gasteiger partial charge in [0, 0.05) is 35.5 Å². The van der Waals surface area contributed by atoms with E-state index in [1.807, 2.05) is 36.2 Å². The fourth-order valence-electron chi connectivity index (χ4n) is 4.19. The first-order valence-electron chi connectivity index (χ1n) is 10.5. The van der Waals surface area contributed by atoms with Crippen molar-refractivity contribution in [3.8, 4) is 0 Å². The van der Waals surface area contributed by atoms with Gasteiger partial charge in [-0.15, -0.1) is 0 Å². The Morgan fingerprint density at radius 3 is 2.58 bits per heavy atom. The Morgan fingerprint density at radius 2 is 1.82 bits per heavy atom. The summed E-state index contributed by atoms with van der Waals surface area (Å²) in [5.74, 6) is -0.692. The first-order chi connectivity index (χ1) is 15.6. The molecule has 2 aromatic carbocycles. The molecule has 8 nitrogen and oxygen atoms in total. The van der Waals surface area contributed by atoms with Gasteiger partial charge in [-0.05, 0) is 23.8 Å². The van der Waals surface area contributed by atoms with Crippen LogP contribution in [0.4, 0.5) is 5.69 Å². The quantitative estimate of drug-likeness (QED) is 0.517. The average molecular weight is 468 g/mol. The van der Waals surface area contributed by atoms with Crippen LogP contribution in [0.5, 0.6) is 0 Å². The number of amidine groups is 1. The number of rotatable bonds is 6. The standard InChI is InChI=1S/C24H25N3O5S/c1-24(2)18-9-5-6-10-19(18)27(3)21(24)14-16(28)15-32-22(29)12-13-25-23-17-8-4-7-11-20(17)33(30,31)26-23/h4-11,14H,12-13,15H2,1-3H3,(H,25,26). The van der Waals surface area contributed by atoms with Crippen molar-refractivity contribution in [3.05, 3.63) is 71.4 Å². The molecule has 1 N–H and O–H groups in total. The highest BCUT2D eigenvalue weighted by Gasteiger charge is 2.38. The van der Waals surface area contributed by atoms with E-state index in [-0.39, 0.29) is 41.5 Å². The first kappa shape index (κ1) is 22.7. The van der Waals surface area contributed by atoms with Crippen molar-refractivity contribution in [1.29, 1.82) is 0 Å². The number of nitrogens with one attached hydrogen (secondary N) is 1. The van der Waals surface area contributed by atoms with Crippen LogP contribution in [0.15, 0.2) is 70.2 Å². The number of aliphatic imine (C=N–C) groups is 1. The molecule has 33 heavy (non-hydrogen) atoms. The van der Waals surface area contributed by atoms with E-state index in [0.717, 1.165) is 16.9 Å². The summed E-state index contributed by atoms with van der Waals surface area (Å²) in [6, 6.07) is 14.5. The molecule has 0 atom stereocenters. The van der Waals surface area contributed by atoms with Gasteiger partial charge in [0.1, 0.15) is 5.84 Å². The highest BCUT2D eigenvalue weighted by Crippen LogP contribution is 2.46. The summed E-state index contributed by atoms with van der Waals surface area (Å²) in [5, 5.41) is 0. The molecule has 172 valence electrons. The monoisotopic (exact) mass is 467 g/mol. The first-order valence-corrected chi connectivity index (χ1v) is 12.0. The van der Waals surface area contributed by atoms with E-state index in [1.165, 1.54) is 12.1 Å². The predicted molar refractivity (Wildman–Crippen MR) is 125 cm³/mol. The van der Waals surface area contributed by atoms with E-state index >= 15 is 0 Å². The maximum atomic E-state index is 12.5. The van der Waals surface area contributed by atoms with Crippen LogP contribution in [-0.4, -0.2) is 46.2 Å². The molecular formula is C24H25N3O5S. The van der Waals surface area contributed by atoms with E-state index in [4.69, 9.17) is 4.74 Å². The average Bonchev–Trinajstić information content (AvgIpc) is 3.15. The maximum Gasteiger partial charge on any atom is 0.308 e. The minimum absolute atomic E-state index is 0.0331. The number of para-hydroxylation sites is 1. The lowest BCUT2D eigenvalue weighted by Gasteiger charge is -2.23. The number of fused-ring (bicyclic) bond motifs is 2. The van der Waals surface area contributed by atoms with Gasteiger partial charge in [0.25, 0.3) is 10.0 Å². The van der Waals surface area contributed by atoms with Crippen LogP contribution in [0.1, 0.15) is 31.4 Å². The lowest BCUT2D eigenvalue weighted by atomic mass is 9.83. The normalized spacial score (nSPS) is 19.8. The molecule has 0 bridgehead atoms. The Labute approximate surface area is 193 Å². The van der Waals surface area contributed by atoms with Gasteiger partial charge in [0.2, 0.25) is 0 Å². The van der Waals surface area contributed by atoms with Gasteiger partial charge in [-0.2, -0.15) is 0 Å². The van der Waals surface area contributed by atoms with Gasteiger partial charge in [-0.25, -0.2) is 8.42 Å². The molecule has 2 aliphatic rings. The highest BCUT2D eigenvalue weighted by molar-refractivity contribution is 7.90. The largest absolute Gasteiger partial charge is 0.457 e. The third-order valence-electron chi connectivity index (χ3n) is 5.86. The topological polar surface area (TPSA) is 105 Å². The van der Waals surface area contributed by atoms with Crippen molar-refractivity contribution in [2.75, 3.05) is 25.1 Å². The second-order valence-electron chi connectivity index (χ2n) is 8.44. The van der Waals surface area contributed by atoms with Crippen LogP contribution in [0.2, 0.25) is 0 Å². The summed E-state index contributed by atoms with van der Waals surface area (Å²) in [6.45, 7) is 3.77. The fourth-order valence-corrected chi connectivity index (χ4v) is 5.44. The summed E-state index contributed by atoms with van der Waals surface area (Å²) in [4.78, 5) is 30.9. The molecular weight excluding hydrogens is 442 g/mol. The molecule has 0 radical (unpaired) electrons. The molecule has 0 unspecified atom stereocenters. The third kappa shape index (κ3) is 4.28. The van der Waals surface area contributed by atoms with Gasteiger partial charge in [0.15, 0.2) is 12.4 Å². The molecule has 0 spiro atoms. The van der Waals surface area contributed by atoms with Gasteiger partial charge in [-0.3, -0.25) is 19.3 Å². The van der Waals surface area contributed by atoms with E-state index in [2.05, 4.69) is 23.6 Å². The van der Waals surface area contributed by atoms with E-state index in [1.54, 1.807) is 18.2 Å². The van der Waals surface area contributed by atoms with Crippen LogP contribution in [0, 0.1) is 0 Å². The number of nitrogens with zero attached hydrogens (tertiary/aromatic N) is 2. The summed E-state index contributed by atoms with van der Waals surface area (Å²) in [5.41, 5.74) is 3.14. The van der Waals surface area contributed by atoms with Crippen molar-refractivity contribution < 1.29 is 22.7 Å². The summed E-state index contributed by atoms with van der Waals surface area (Å²) in [6.07, 6.45) is 1.45. The lowest BCUT2D eigenvalue weighted by molar-refractivity contribution is -0.146. The molecule has 4 rings (SSSR count). The molecule has 2 aliphatic heterocycles. The smallest absolute Gasteiger partial charge is 0.308 e. The number of allylic oxidation sites excluding steroid dienone is 1. The van der Waals surface area contributed by atoms with Gasteiger partial charge in [0.05, 0.1) is 17.9 Å². The molecule has 9 heteroatoms. The summed E-state index contributed by atoms with van der Waals surface area (Å²) >= 11 is 0. The zero-order chi connectivity index (χ0) is 23.8. The predicted octanol–water partition coefficient (Wildman–Crippen LogP) is 2.54. The van der Waals surface area contributed by atoms with Crippen molar-refractivity contribution >= 4 is 33.3 Å². The van der Waals surface area contributed by atoms with Crippen molar-refractivity contribution in [3.63, 3.8) is 0 Å². The number of benzene rings is 2. The van der Waals surface area contributed by atoms with Crippen LogP contribution >= 0.6 is 0 Å². The molecule has 0 aromatic heterocycles. The Hall–Kier alpha value is -3.46. The number of ketones is 1. The highest BCUT2D eigenvalue weighted by atomic mass is 32.2. The Bertz CT molecular complexity index is 1290. The van der Waals surface area contributed by atoms with Crippen molar-refractivity contribution in [2.24, 2.45) is 4.99 Å².